The summed E-state index contributed by atoms with van der Waals surface area (Å²) in [5, 5.41) is 3.89. The van der Waals surface area contributed by atoms with Crippen LogP contribution in [0.2, 0.25) is 18.1 Å². The Kier molecular flexibility index (Phi) is 23.0. The smallest absolute Gasteiger partial charge is 0.192 e. The first-order chi connectivity index (χ1) is 20.2. The number of pyridine rings is 1. The normalized spacial score (nSPS) is 13.9. The predicted octanol–water partition coefficient (Wildman–Crippen LogP) is 11.4. The zero-order valence-electron chi connectivity index (χ0n) is 29.3. The second kappa shape index (κ2) is 24.6. The minimum Gasteiger partial charge on any atom is -0.409 e. The lowest BCUT2D eigenvalue weighted by Crippen LogP contribution is -2.43. The fraction of sp³-hybridized carbons (Fsp3) is 0.865. The Morgan fingerprint density at radius 1 is 0.738 bits per heavy atom. The molecule has 1 rings (SSSR count). The van der Waals surface area contributed by atoms with Crippen LogP contribution in [0.5, 0.6) is 0 Å². The van der Waals surface area contributed by atoms with Crippen LogP contribution < -0.4 is 5.32 Å². The lowest BCUT2D eigenvalue weighted by atomic mass is 9.95. The summed E-state index contributed by atoms with van der Waals surface area (Å²) in [6.07, 6.45) is 28.3. The van der Waals surface area contributed by atoms with Gasteiger partial charge in [-0.1, -0.05) is 125 Å². The van der Waals surface area contributed by atoms with E-state index in [1.54, 1.807) is 0 Å². The van der Waals surface area contributed by atoms with Crippen molar-refractivity contribution < 1.29 is 9.16 Å². The Bertz CT molecular complexity index is 722. The van der Waals surface area contributed by atoms with E-state index >= 15 is 0 Å². The zero-order chi connectivity index (χ0) is 30.9. The Morgan fingerprint density at radius 3 is 1.83 bits per heavy atom. The second-order valence-electron chi connectivity index (χ2n) is 14.3. The van der Waals surface area contributed by atoms with Gasteiger partial charge in [-0.2, -0.15) is 0 Å². The van der Waals surface area contributed by atoms with E-state index < -0.39 is 8.32 Å². The summed E-state index contributed by atoms with van der Waals surface area (Å²) in [4.78, 5) is 4.21. The minimum absolute atomic E-state index is 0.0861. The number of hydrogen-bond acceptors (Lipinski definition) is 4. The molecule has 0 amide bonds. The average molecular weight is 605 g/mol. The maximum Gasteiger partial charge on any atom is 0.192 e. The number of hydrogen-bond donors (Lipinski definition) is 1. The van der Waals surface area contributed by atoms with Gasteiger partial charge in [0.1, 0.15) is 0 Å². The summed E-state index contributed by atoms with van der Waals surface area (Å²) in [6.45, 7) is 20.0. The van der Waals surface area contributed by atoms with Gasteiger partial charge in [-0.05, 0) is 74.0 Å². The van der Waals surface area contributed by atoms with Crippen LogP contribution in [-0.2, 0) is 9.16 Å². The molecule has 1 N–H and O–H groups in total. The van der Waals surface area contributed by atoms with Crippen LogP contribution >= 0.6 is 0 Å². The Labute approximate surface area is 264 Å². The molecule has 42 heavy (non-hydrogen) atoms. The predicted molar refractivity (Wildman–Crippen MR) is 187 cm³/mol. The molecule has 0 saturated carbocycles. The van der Waals surface area contributed by atoms with Crippen LogP contribution in [0.1, 0.15) is 162 Å². The van der Waals surface area contributed by atoms with Crippen molar-refractivity contribution in [2.45, 2.75) is 174 Å². The number of unbranched alkanes of at least 4 members (excludes halogenated alkanes) is 13. The number of rotatable bonds is 28. The molecule has 2 unspecified atom stereocenters. The van der Waals surface area contributed by atoms with Gasteiger partial charge < -0.3 is 14.5 Å². The highest BCUT2D eigenvalue weighted by Gasteiger charge is 2.39. The van der Waals surface area contributed by atoms with Crippen molar-refractivity contribution in [3.8, 4) is 0 Å². The molecule has 5 heteroatoms. The zero-order valence-corrected chi connectivity index (χ0v) is 30.3. The van der Waals surface area contributed by atoms with Crippen molar-refractivity contribution in [3.63, 3.8) is 0 Å². The van der Waals surface area contributed by atoms with E-state index in [0.29, 0.717) is 0 Å². The quantitative estimate of drug-likeness (QED) is 0.0763. The van der Waals surface area contributed by atoms with E-state index in [-0.39, 0.29) is 11.1 Å². The number of aromatic nitrogens is 1. The molecule has 0 fully saturated rings. The van der Waals surface area contributed by atoms with Crippen LogP contribution in [0, 0.1) is 5.92 Å². The molecule has 0 aliphatic heterocycles. The molecule has 0 aromatic carbocycles. The topological polar surface area (TPSA) is 43.4 Å². The van der Waals surface area contributed by atoms with E-state index in [4.69, 9.17) is 9.16 Å². The van der Waals surface area contributed by atoms with E-state index in [0.717, 1.165) is 32.2 Å². The van der Waals surface area contributed by atoms with Crippen molar-refractivity contribution in [1.82, 2.24) is 10.3 Å². The van der Waals surface area contributed by atoms with Gasteiger partial charge in [-0.25, -0.2) is 0 Å². The summed E-state index contributed by atoms with van der Waals surface area (Å²) in [5.41, 5.74) is 1.23. The maximum atomic E-state index is 6.80. The first-order valence-corrected chi connectivity index (χ1v) is 21.0. The lowest BCUT2D eigenvalue weighted by molar-refractivity contribution is 0.0878. The van der Waals surface area contributed by atoms with E-state index in [1.165, 1.54) is 121 Å². The van der Waals surface area contributed by atoms with Crippen molar-refractivity contribution in [2.75, 3.05) is 26.3 Å². The summed E-state index contributed by atoms with van der Waals surface area (Å²) < 4.78 is 13.0. The minimum atomic E-state index is -1.86. The van der Waals surface area contributed by atoms with Gasteiger partial charge in [-0.3, -0.25) is 4.98 Å². The van der Waals surface area contributed by atoms with Gasteiger partial charge >= 0.3 is 0 Å². The number of ether oxygens (including phenoxy) is 1. The third-order valence-corrected chi connectivity index (χ3v) is 13.8. The van der Waals surface area contributed by atoms with E-state index in [9.17, 15) is 0 Å². The highest BCUT2D eigenvalue weighted by Crippen LogP contribution is 2.39. The third-order valence-electron chi connectivity index (χ3n) is 9.33. The fourth-order valence-corrected chi connectivity index (χ4v) is 6.65. The Hall–Kier alpha value is -0.753. The first-order valence-electron chi connectivity index (χ1n) is 18.1. The standard InChI is InChI=1S/C37H72N2O2Si/c1-8-10-12-14-15-17-21-25-34(24-20-16-13-11-9-2)33-40-31-23-19-18-22-28-39-32-36(35-26-29-38-30-27-35)41-42(6,7)37(3,4)5/h26-27,29-30,34,36,39H,8-25,28,31-33H2,1-7H3. The highest BCUT2D eigenvalue weighted by molar-refractivity contribution is 6.74. The molecule has 1 aromatic rings. The highest BCUT2D eigenvalue weighted by atomic mass is 28.4. The van der Waals surface area contributed by atoms with Crippen LogP contribution in [0.3, 0.4) is 0 Å². The molecule has 0 radical (unpaired) electrons. The van der Waals surface area contributed by atoms with Crippen LogP contribution in [0.15, 0.2) is 24.5 Å². The third kappa shape index (κ3) is 19.5. The average Bonchev–Trinajstić information content (AvgIpc) is 2.96. The molecule has 4 nitrogen and oxygen atoms in total. The SMILES string of the molecule is CCCCCCCCCC(CCCCCCC)COCCCCCCNCC(O[Si](C)(C)C(C)(C)C)c1ccncc1. The van der Waals surface area contributed by atoms with Crippen LogP contribution in [-0.4, -0.2) is 39.6 Å². The van der Waals surface area contributed by atoms with E-state index in [2.05, 4.69) is 70.1 Å². The summed E-state index contributed by atoms with van der Waals surface area (Å²) >= 11 is 0. The first kappa shape index (κ1) is 39.3. The number of nitrogens with one attached hydrogen (secondary N) is 1. The molecule has 0 bridgehead atoms. The monoisotopic (exact) mass is 605 g/mol. The van der Waals surface area contributed by atoms with Crippen molar-refractivity contribution in [3.05, 3.63) is 30.1 Å². The van der Waals surface area contributed by atoms with Crippen LogP contribution in [0.4, 0.5) is 0 Å². The molecule has 2 atom stereocenters. The van der Waals surface area contributed by atoms with Gasteiger partial charge in [0, 0.05) is 32.2 Å². The molecule has 0 aliphatic rings. The molecule has 1 aromatic heterocycles. The van der Waals surface area contributed by atoms with Gasteiger partial charge in [0.2, 0.25) is 0 Å². The molecule has 1 heterocycles. The van der Waals surface area contributed by atoms with E-state index in [1.807, 2.05) is 12.4 Å². The lowest BCUT2D eigenvalue weighted by Gasteiger charge is -2.39. The molecule has 246 valence electrons. The van der Waals surface area contributed by atoms with Crippen molar-refractivity contribution in [2.24, 2.45) is 5.92 Å². The molecular formula is C37H72N2O2Si. The molecule has 0 saturated heterocycles. The number of nitrogens with zero attached hydrogens (tertiary/aromatic N) is 1. The van der Waals surface area contributed by atoms with Gasteiger partial charge in [-0.15, -0.1) is 0 Å². The molecule has 0 spiro atoms. The summed E-state index contributed by atoms with van der Waals surface area (Å²) in [7, 11) is -1.86. The van der Waals surface area contributed by atoms with Crippen LogP contribution in [0.25, 0.3) is 0 Å². The molecule has 0 aliphatic carbocycles. The Morgan fingerprint density at radius 2 is 1.26 bits per heavy atom. The van der Waals surface area contributed by atoms with Gasteiger partial charge in [0.25, 0.3) is 0 Å². The summed E-state index contributed by atoms with van der Waals surface area (Å²) in [5.74, 6) is 0.772. The fourth-order valence-electron chi connectivity index (χ4n) is 5.37. The maximum absolute atomic E-state index is 6.80. The van der Waals surface area contributed by atoms with Gasteiger partial charge in [0.05, 0.1) is 6.10 Å². The van der Waals surface area contributed by atoms with Crippen molar-refractivity contribution in [1.29, 1.82) is 0 Å². The Balaban J connectivity index is 2.25. The second-order valence-corrected chi connectivity index (χ2v) is 19.1. The largest absolute Gasteiger partial charge is 0.409 e. The van der Waals surface area contributed by atoms with Gasteiger partial charge in [0.15, 0.2) is 8.32 Å². The van der Waals surface area contributed by atoms with Crippen molar-refractivity contribution >= 4 is 8.32 Å². The summed E-state index contributed by atoms with van der Waals surface area (Å²) in [6, 6.07) is 4.20. The molecular weight excluding hydrogens is 533 g/mol.